The van der Waals surface area contributed by atoms with Crippen LogP contribution in [0.1, 0.15) is 24.8 Å². The number of aromatic amines is 1. The first-order valence-electron chi connectivity index (χ1n) is 7.37. The number of benzene rings is 1. The van der Waals surface area contributed by atoms with E-state index in [4.69, 9.17) is 0 Å². The van der Waals surface area contributed by atoms with Gasteiger partial charge in [0.1, 0.15) is 0 Å². The molecule has 0 spiro atoms. The summed E-state index contributed by atoms with van der Waals surface area (Å²) in [7, 11) is 1.95. The number of rotatable bonds is 2. The highest BCUT2D eigenvalue weighted by Gasteiger charge is 2.34. The smallest absolute Gasteiger partial charge is 0.306 e. The van der Waals surface area contributed by atoms with E-state index >= 15 is 0 Å². The number of imidazole rings is 1. The number of fused-ring (bicyclic) bond motifs is 1. The quantitative estimate of drug-likeness (QED) is 0.926. The van der Waals surface area contributed by atoms with Crippen LogP contribution >= 0.6 is 0 Å². The zero-order chi connectivity index (χ0) is 15.9. The number of alkyl halides is 3. The number of likely N-dealkylation sites (N-methyl/N-ethyl adjacent to an activating group) is 1. The number of hydrogen-bond donors (Lipinski definition) is 1. The summed E-state index contributed by atoms with van der Waals surface area (Å²) in [5, 5.41) is 0. The lowest BCUT2D eigenvalue weighted by Gasteiger charge is -2.32. The number of para-hydroxylation sites is 1. The maximum atomic E-state index is 13.2. The van der Waals surface area contributed by atoms with E-state index in [0.29, 0.717) is 0 Å². The van der Waals surface area contributed by atoms with Gasteiger partial charge in [0.15, 0.2) is 0 Å². The van der Waals surface area contributed by atoms with E-state index in [1.807, 2.05) is 7.05 Å². The molecule has 0 saturated carbocycles. The molecule has 22 heavy (non-hydrogen) atoms. The van der Waals surface area contributed by atoms with E-state index in [9.17, 15) is 18.0 Å². The molecule has 1 saturated heterocycles. The Morgan fingerprint density at radius 2 is 2.09 bits per heavy atom. The van der Waals surface area contributed by atoms with Gasteiger partial charge in [0.25, 0.3) is 0 Å². The van der Waals surface area contributed by atoms with Gasteiger partial charge in [-0.1, -0.05) is 12.5 Å². The van der Waals surface area contributed by atoms with Crippen LogP contribution < -0.4 is 5.69 Å². The van der Waals surface area contributed by atoms with Crippen LogP contribution in [0.4, 0.5) is 13.2 Å². The Balaban J connectivity index is 2.09. The van der Waals surface area contributed by atoms with Crippen molar-refractivity contribution in [1.29, 1.82) is 0 Å². The van der Waals surface area contributed by atoms with Crippen LogP contribution in [0, 0.1) is 0 Å². The van der Waals surface area contributed by atoms with Gasteiger partial charge >= 0.3 is 11.9 Å². The van der Waals surface area contributed by atoms with Crippen molar-refractivity contribution in [1.82, 2.24) is 14.5 Å². The molecular weight excluding hydrogens is 295 g/mol. The minimum Gasteiger partial charge on any atom is -0.306 e. The molecule has 0 amide bonds. The Morgan fingerprint density at radius 3 is 2.77 bits per heavy atom. The molecule has 0 radical (unpaired) electrons. The van der Waals surface area contributed by atoms with E-state index in [-0.39, 0.29) is 23.6 Å². The first kappa shape index (κ1) is 15.1. The predicted molar refractivity (Wildman–Crippen MR) is 77.8 cm³/mol. The Labute approximate surface area is 125 Å². The van der Waals surface area contributed by atoms with Gasteiger partial charge in [0, 0.05) is 12.6 Å². The van der Waals surface area contributed by atoms with Gasteiger partial charge in [-0.25, -0.2) is 4.79 Å². The number of nitrogens with one attached hydrogen (secondary N) is 1. The number of aromatic nitrogens is 2. The van der Waals surface area contributed by atoms with Crippen molar-refractivity contribution in [2.75, 3.05) is 13.6 Å². The number of halogens is 3. The summed E-state index contributed by atoms with van der Waals surface area (Å²) in [5.74, 6) is 0. The molecule has 120 valence electrons. The van der Waals surface area contributed by atoms with Crippen molar-refractivity contribution < 1.29 is 13.2 Å². The molecule has 1 N–H and O–H groups in total. The molecule has 1 aliphatic rings. The fourth-order valence-electron chi connectivity index (χ4n) is 3.21. The van der Waals surface area contributed by atoms with Crippen LogP contribution in [0.3, 0.4) is 0 Å². The third-order valence-corrected chi connectivity index (χ3v) is 4.41. The number of H-pyrrole nitrogens is 1. The Morgan fingerprint density at radius 1 is 1.32 bits per heavy atom. The highest BCUT2D eigenvalue weighted by molar-refractivity contribution is 5.79. The molecule has 1 aromatic carbocycles. The molecule has 2 heterocycles. The van der Waals surface area contributed by atoms with Crippen molar-refractivity contribution in [3.8, 4) is 0 Å². The monoisotopic (exact) mass is 313 g/mol. The molecule has 3 rings (SSSR count). The Kier molecular flexibility index (Phi) is 3.76. The van der Waals surface area contributed by atoms with E-state index in [2.05, 4.69) is 9.88 Å². The third-order valence-electron chi connectivity index (χ3n) is 4.41. The second-order valence-electron chi connectivity index (χ2n) is 5.87. The van der Waals surface area contributed by atoms with Crippen LogP contribution in [0.2, 0.25) is 0 Å². The van der Waals surface area contributed by atoms with Gasteiger partial charge in [-0.05, 0) is 38.6 Å². The standard InChI is InChI=1S/C15H18F3N3O/c1-20-8-3-2-5-10(20)9-21-13-11(15(16,17)18)6-4-7-12(13)19-14(21)22/h4,6-7,10H,2-3,5,8-9H2,1H3,(H,19,22). The highest BCUT2D eigenvalue weighted by Crippen LogP contribution is 2.34. The summed E-state index contributed by atoms with van der Waals surface area (Å²) < 4.78 is 40.9. The minimum absolute atomic E-state index is 0.0426. The second-order valence-corrected chi connectivity index (χ2v) is 5.87. The Bertz CT molecular complexity index is 732. The van der Waals surface area contributed by atoms with E-state index < -0.39 is 17.4 Å². The third kappa shape index (κ3) is 2.65. The van der Waals surface area contributed by atoms with Gasteiger partial charge in [0.2, 0.25) is 0 Å². The molecule has 1 aliphatic heterocycles. The lowest BCUT2D eigenvalue weighted by molar-refractivity contribution is -0.136. The molecule has 2 aromatic rings. The van der Waals surface area contributed by atoms with Crippen molar-refractivity contribution in [2.45, 2.75) is 38.0 Å². The molecule has 1 unspecified atom stereocenters. The van der Waals surface area contributed by atoms with Crippen LogP contribution in [0.15, 0.2) is 23.0 Å². The summed E-state index contributed by atoms with van der Waals surface area (Å²) in [6.07, 6.45) is -1.46. The first-order valence-corrected chi connectivity index (χ1v) is 7.37. The average Bonchev–Trinajstić information content (AvgIpc) is 2.76. The zero-order valence-corrected chi connectivity index (χ0v) is 12.3. The summed E-state index contributed by atoms with van der Waals surface area (Å²) in [6.45, 7) is 1.19. The molecular formula is C15H18F3N3O. The van der Waals surface area contributed by atoms with Crippen LogP contribution in [-0.4, -0.2) is 34.1 Å². The fourth-order valence-corrected chi connectivity index (χ4v) is 3.21. The number of nitrogens with zero attached hydrogens (tertiary/aromatic N) is 2. The zero-order valence-electron chi connectivity index (χ0n) is 12.3. The van der Waals surface area contributed by atoms with Gasteiger partial charge in [-0.3, -0.25) is 4.57 Å². The molecule has 4 nitrogen and oxygen atoms in total. The van der Waals surface area contributed by atoms with Gasteiger partial charge in [-0.15, -0.1) is 0 Å². The molecule has 1 fully saturated rings. The largest absolute Gasteiger partial charge is 0.418 e. The summed E-state index contributed by atoms with van der Waals surface area (Å²) in [6, 6.07) is 3.94. The van der Waals surface area contributed by atoms with Gasteiger partial charge in [-0.2, -0.15) is 13.2 Å². The molecule has 0 aliphatic carbocycles. The average molecular weight is 313 g/mol. The second kappa shape index (κ2) is 5.46. The SMILES string of the molecule is CN1CCCCC1Cn1c(=O)[nH]c2cccc(C(F)(F)F)c21. The van der Waals surface area contributed by atoms with Crippen LogP contribution in [-0.2, 0) is 12.7 Å². The Hall–Kier alpha value is -1.76. The number of piperidine rings is 1. The highest BCUT2D eigenvalue weighted by atomic mass is 19.4. The fraction of sp³-hybridized carbons (Fsp3) is 0.533. The summed E-state index contributed by atoms with van der Waals surface area (Å²) in [4.78, 5) is 16.8. The topological polar surface area (TPSA) is 41.0 Å². The van der Waals surface area contributed by atoms with Crippen molar-refractivity contribution in [2.24, 2.45) is 0 Å². The minimum atomic E-state index is -4.48. The van der Waals surface area contributed by atoms with Crippen LogP contribution in [0.25, 0.3) is 11.0 Å². The maximum absolute atomic E-state index is 13.2. The predicted octanol–water partition coefficient (Wildman–Crippen LogP) is 2.83. The van der Waals surface area contributed by atoms with Gasteiger partial charge in [0.05, 0.1) is 16.6 Å². The molecule has 1 atom stereocenters. The summed E-state index contributed by atoms with van der Waals surface area (Å²) in [5.41, 5.74) is -1.05. The van der Waals surface area contributed by atoms with E-state index in [1.165, 1.54) is 16.7 Å². The normalized spacial score (nSPS) is 20.6. The molecule has 1 aromatic heterocycles. The van der Waals surface area contributed by atoms with Gasteiger partial charge < -0.3 is 9.88 Å². The maximum Gasteiger partial charge on any atom is 0.418 e. The lowest BCUT2D eigenvalue weighted by atomic mass is 10.0. The first-order chi connectivity index (χ1) is 10.4. The van der Waals surface area contributed by atoms with Crippen LogP contribution in [0.5, 0.6) is 0 Å². The van der Waals surface area contributed by atoms with Crippen molar-refractivity contribution in [3.63, 3.8) is 0 Å². The molecule has 0 bridgehead atoms. The van der Waals surface area contributed by atoms with Crippen molar-refractivity contribution in [3.05, 3.63) is 34.2 Å². The van der Waals surface area contributed by atoms with Crippen molar-refractivity contribution >= 4 is 11.0 Å². The summed E-state index contributed by atoms with van der Waals surface area (Å²) >= 11 is 0. The van der Waals surface area contributed by atoms with E-state index in [0.717, 1.165) is 31.9 Å². The lowest BCUT2D eigenvalue weighted by Crippen LogP contribution is -2.40. The number of hydrogen-bond acceptors (Lipinski definition) is 2. The van der Waals surface area contributed by atoms with E-state index in [1.54, 1.807) is 0 Å². The molecule has 7 heteroatoms. The number of likely N-dealkylation sites (tertiary alicyclic amines) is 1.